The number of nitrogens with one attached hydrogen (secondary N) is 2. The smallest absolute Gasteiger partial charge is 0.242 e. The lowest BCUT2D eigenvalue weighted by Gasteiger charge is -2.16. The molecule has 18 heavy (non-hydrogen) atoms. The fourth-order valence-electron chi connectivity index (χ4n) is 1.03. The van der Waals surface area contributed by atoms with Gasteiger partial charge in [0.1, 0.15) is 0 Å². The molecule has 4 N–H and O–H groups in total. The molecule has 0 aromatic rings. The molecule has 8 nitrogen and oxygen atoms in total. The third-order valence-corrected chi connectivity index (χ3v) is 2.06. The third kappa shape index (κ3) is 7.58. The predicted octanol–water partition coefficient (Wildman–Crippen LogP) is -2.72. The normalized spacial score (nSPS) is 9.72. The van der Waals surface area contributed by atoms with Crippen LogP contribution in [0.5, 0.6) is 0 Å². The highest BCUT2D eigenvalue weighted by Crippen LogP contribution is 1.84. The van der Waals surface area contributed by atoms with Gasteiger partial charge in [-0.1, -0.05) is 0 Å². The number of nitrogens with two attached hydrogens (primary N) is 1. The third-order valence-electron chi connectivity index (χ3n) is 2.06. The van der Waals surface area contributed by atoms with Gasteiger partial charge in [0, 0.05) is 20.7 Å². The van der Waals surface area contributed by atoms with Crippen LogP contribution in [0.3, 0.4) is 0 Å². The van der Waals surface area contributed by atoms with Crippen molar-refractivity contribution in [3.63, 3.8) is 0 Å². The maximum absolute atomic E-state index is 11.5. The second-order valence-corrected chi connectivity index (χ2v) is 3.57. The zero-order valence-electron chi connectivity index (χ0n) is 10.7. The molecule has 104 valence electrons. The number of hydrogen-bond acceptors (Lipinski definition) is 5. The van der Waals surface area contributed by atoms with Gasteiger partial charge in [-0.25, -0.2) is 0 Å². The molecule has 0 atom stereocenters. The number of likely N-dealkylation sites (N-methyl/N-ethyl adjacent to an activating group) is 1. The van der Waals surface area contributed by atoms with Crippen LogP contribution in [0, 0.1) is 0 Å². The van der Waals surface area contributed by atoms with Crippen molar-refractivity contribution in [2.75, 3.05) is 46.9 Å². The van der Waals surface area contributed by atoms with Crippen LogP contribution in [0.25, 0.3) is 0 Å². The molecular formula is C10H20N4O4. The van der Waals surface area contributed by atoms with Gasteiger partial charge in [0.05, 0.1) is 26.2 Å². The van der Waals surface area contributed by atoms with E-state index in [4.69, 9.17) is 10.5 Å². The summed E-state index contributed by atoms with van der Waals surface area (Å²) in [5.74, 6) is -1.06. The number of carbonyl (C=O) groups is 3. The number of nitrogens with zero attached hydrogens (tertiary/aromatic N) is 1. The lowest BCUT2D eigenvalue weighted by Crippen LogP contribution is -2.44. The van der Waals surface area contributed by atoms with Crippen LogP contribution in [0.2, 0.25) is 0 Å². The average Bonchev–Trinajstić information content (AvgIpc) is 2.35. The van der Waals surface area contributed by atoms with Gasteiger partial charge in [-0.15, -0.1) is 0 Å². The lowest BCUT2D eigenvalue weighted by molar-refractivity contribution is -0.135. The quantitative estimate of drug-likeness (QED) is 0.410. The first-order valence-corrected chi connectivity index (χ1v) is 5.47. The molecule has 8 heteroatoms. The van der Waals surface area contributed by atoms with E-state index in [1.807, 2.05) is 0 Å². The Morgan fingerprint density at radius 3 is 2.44 bits per heavy atom. The van der Waals surface area contributed by atoms with Crippen LogP contribution >= 0.6 is 0 Å². The Hall–Kier alpha value is -1.67. The molecule has 0 spiro atoms. The van der Waals surface area contributed by atoms with E-state index in [1.165, 1.54) is 19.1 Å². The first-order chi connectivity index (χ1) is 8.51. The van der Waals surface area contributed by atoms with Gasteiger partial charge in [-0.3, -0.25) is 14.4 Å². The molecule has 0 heterocycles. The van der Waals surface area contributed by atoms with E-state index in [1.54, 1.807) is 0 Å². The van der Waals surface area contributed by atoms with Gasteiger partial charge >= 0.3 is 0 Å². The average molecular weight is 260 g/mol. The summed E-state index contributed by atoms with van der Waals surface area (Å²) < 4.78 is 4.77. The summed E-state index contributed by atoms with van der Waals surface area (Å²) in [5, 5.41) is 4.91. The van der Waals surface area contributed by atoms with Crippen molar-refractivity contribution < 1.29 is 19.1 Å². The molecule has 0 aromatic heterocycles. The fourth-order valence-corrected chi connectivity index (χ4v) is 1.03. The SMILES string of the molecule is COCCNC(=O)CN(C)C(=O)CNC(=O)CN. The predicted molar refractivity (Wildman–Crippen MR) is 64.6 cm³/mol. The lowest BCUT2D eigenvalue weighted by atomic mass is 10.4. The van der Waals surface area contributed by atoms with E-state index in [0.29, 0.717) is 13.2 Å². The standard InChI is InChI=1S/C10H20N4O4/c1-14(7-9(16)12-3-4-18-2)10(17)6-13-8(15)5-11/h3-7,11H2,1-2H3,(H,12,16)(H,13,15). The van der Waals surface area contributed by atoms with E-state index >= 15 is 0 Å². The second-order valence-electron chi connectivity index (χ2n) is 3.57. The summed E-state index contributed by atoms with van der Waals surface area (Å²) in [6.45, 7) is 0.394. The topological polar surface area (TPSA) is 114 Å². The largest absolute Gasteiger partial charge is 0.383 e. The molecule has 0 bridgehead atoms. The zero-order valence-corrected chi connectivity index (χ0v) is 10.7. The zero-order chi connectivity index (χ0) is 14.0. The maximum atomic E-state index is 11.5. The molecule has 0 saturated heterocycles. The van der Waals surface area contributed by atoms with Crippen LogP contribution < -0.4 is 16.4 Å². The molecule has 0 rings (SSSR count). The molecule has 0 radical (unpaired) electrons. The van der Waals surface area contributed by atoms with Gasteiger partial charge in [0.15, 0.2) is 0 Å². The second kappa shape index (κ2) is 9.37. The number of amides is 3. The molecule has 0 unspecified atom stereocenters. The molecule has 0 fully saturated rings. The first kappa shape index (κ1) is 16.3. The highest BCUT2D eigenvalue weighted by Gasteiger charge is 2.13. The minimum Gasteiger partial charge on any atom is -0.383 e. The molecular weight excluding hydrogens is 240 g/mol. The van der Waals surface area contributed by atoms with Crippen molar-refractivity contribution in [1.29, 1.82) is 0 Å². The van der Waals surface area contributed by atoms with Crippen LogP contribution in [0.1, 0.15) is 0 Å². The number of methoxy groups -OCH3 is 1. The molecule has 0 aliphatic heterocycles. The minimum absolute atomic E-state index is 0.0684. The summed E-state index contributed by atoms with van der Waals surface area (Å²) in [6, 6.07) is 0. The Morgan fingerprint density at radius 2 is 1.89 bits per heavy atom. The van der Waals surface area contributed by atoms with E-state index < -0.39 is 5.91 Å². The Bertz CT molecular complexity index is 296. The number of ether oxygens (including phenoxy) is 1. The van der Waals surface area contributed by atoms with Gasteiger partial charge < -0.3 is 26.0 Å². The van der Waals surface area contributed by atoms with Crippen LogP contribution in [-0.2, 0) is 19.1 Å². The number of carbonyl (C=O) groups excluding carboxylic acids is 3. The summed E-state index contributed by atoms with van der Waals surface area (Å²) in [5.41, 5.74) is 5.07. The fraction of sp³-hybridized carbons (Fsp3) is 0.700. The summed E-state index contributed by atoms with van der Waals surface area (Å²) in [4.78, 5) is 34.9. The van der Waals surface area contributed by atoms with Gasteiger partial charge in [0.2, 0.25) is 17.7 Å². The molecule has 0 aliphatic rings. The monoisotopic (exact) mass is 260 g/mol. The number of rotatable bonds is 8. The molecule has 0 aliphatic carbocycles. The Morgan fingerprint density at radius 1 is 1.22 bits per heavy atom. The van der Waals surface area contributed by atoms with Crippen molar-refractivity contribution in [2.45, 2.75) is 0 Å². The highest BCUT2D eigenvalue weighted by molar-refractivity contribution is 5.88. The first-order valence-electron chi connectivity index (χ1n) is 5.47. The van der Waals surface area contributed by atoms with E-state index in [9.17, 15) is 14.4 Å². The molecule has 3 amide bonds. The Balaban J connectivity index is 3.85. The van der Waals surface area contributed by atoms with Crippen molar-refractivity contribution in [3.05, 3.63) is 0 Å². The van der Waals surface area contributed by atoms with Crippen molar-refractivity contribution in [3.8, 4) is 0 Å². The Labute approximate surface area is 106 Å². The van der Waals surface area contributed by atoms with Crippen molar-refractivity contribution in [1.82, 2.24) is 15.5 Å². The van der Waals surface area contributed by atoms with Crippen molar-refractivity contribution >= 4 is 17.7 Å². The van der Waals surface area contributed by atoms with E-state index in [-0.39, 0.29) is 31.4 Å². The van der Waals surface area contributed by atoms with Crippen molar-refractivity contribution in [2.24, 2.45) is 5.73 Å². The minimum atomic E-state index is -0.415. The summed E-state index contributed by atoms with van der Waals surface area (Å²) >= 11 is 0. The van der Waals surface area contributed by atoms with Gasteiger partial charge in [0.25, 0.3) is 0 Å². The Kier molecular flexibility index (Phi) is 8.50. The highest BCUT2D eigenvalue weighted by atomic mass is 16.5. The van der Waals surface area contributed by atoms with Crippen LogP contribution in [0.15, 0.2) is 0 Å². The van der Waals surface area contributed by atoms with E-state index in [2.05, 4.69) is 10.6 Å². The summed E-state index contributed by atoms with van der Waals surface area (Å²) in [7, 11) is 3.01. The van der Waals surface area contributed by atoms with E-state index in [0.717, 1.165) is 0 Å². The molecule has 0 aromatic carbocycles. The van der Waals surface area contributed by atoms with Crippen LogP contribution in [-0.4, -0.2) is 69.6 Å². The summed E-state index contributed by atoms with van der Waals surface area (Å²) in [6.07, 6.45) is 0. The number of hydrogen-bond donors (Lipinski definition) is 3. The van der Waals surface area contributed by atoms with Gasteiger partial charge in [-0.05, 0) is 0 Å². The van der Waals surface area contributed by atoms with Gasteiger partial charge in [-0.2, -0.15) is 0 Å². The van der Waals surface area contributed by atoms with Crippen LogP contribution in [0.4, 0.5) is 0 Å². The molecule has 0 saturated carbocycles. The maximum Gasteiger partial charge on any atom is 0.242 e.